The molecule has 0 aliphatic carbocycles. The Bertz CT molecular complexity index is 742. The Kier molecular flexibility index (Phi) is 4.04. The van der Waals surface area contributed by atoms with E-state index in [2.05, 4.69) is 47.7 Å². The minimum atomic E-state index is -0.931. The first-order chi connectivity index (χ1) is 10.5. The van der Waals surface area contributed by atoms with Crippen LogP contribution in [0, 0.1) is 0 Å². The van der Waals surface area contributed by atoms with Gasteiger partial charge in [0.05, 0.1) is 6.20 Å². The van der Waals surface area contributed by atoms with Crippen molar-refractivity contribution in [3.8, 4) is 0 Å². The zero-order valence-corrected chi connectivity index (χ0v) is 13.9. The van der Waals surface area contributed by atoms with E-state index >= 15 is 0 Å². The monoisotopic (exact) mass is 315 g/mol. The van der Waals surface area contributed by atoms with E-state index in [0.29, 0.717) is 6.54 Å². The van der Waals surface area contributed by atoms with Crippen LogP contribution in [0.2, 0.25) is 0 Å². The largest absolute Gasteiger partial charge is 0.384 e. The molecule has 2 aromatic heterocycles. The first kappa shape index (κ1) is 15.2. The summed E-state index contributed by atoms with van der Waals surface area (Å²) in [4.78, 5) is 1.28. The Morgan fingerprint density at radius 3 is 2.86 bits per heavy atom. The second-order valence-electron chi connectivity index (χ2n) is 5.97. The van der Waals surface area contributed by atoms with Crippen molar-refractivity contribution in [2.75, 3.05) is 6.54 Å². The number of rotatable bonds is 5. The summed E-state index contributed by atoms with van der Waals surface area (Å²) < 4.78 is 3.00. The Hall–Kier alpha value is -1.69. The van der Waals surface area contributed by atoms with Crippen LogP contribution in [0.15, 0.2) is 42.7 Å². The van der Waals surface area contributed by atoms with Gasteiger partial charge in [-0.1, -0.05) is 18.2 Å². The number of benzene rings is 1. The molecule has 4 nitrogen and oxygen atoms in total. The summed E-state index contributed by atoms with van der Waals surface area (Å²) >= 11 is 1.80. The van der Waals surface area contributed by atoms with E-state index in [9.17, 15) is 5.11 Å². The number of fused-ring (bicyclic) bond motifs is 1. The lowest BCUT2D eigenvalue weighted by Gasteiger charge is -2.24. The number of aliphatic hydroxyl groups is 1. The third-order valence-electron chi connectivity index (χ3n) is 3.95. The Balaban J connectivity index is 1.70. The normalized spacial score (nSPS) is 15.8. The average Bonchev–Trinajstić information content (AvgIpc) is 3.11. The maximum atomic E-state index is 10.6. The Morgan fingerprint density at radius 2 is 2.18 bits per heavy atom. The number of nitrogens with one attached hydrogen (secondary N) is 1. The molecule has 1 aromatic carbocycles. The van der Waals surface area contributed by atoms with Gasteiger partial charge < -0.3 is 10.4 Å². The molecule has 2 N–H and O–H groups in total. The van der Waals surface area contributed by atoms with Crippen LogP contribution >= 0.6 is 11.3 Å². The van der Waals surface area contributed by atoms with Crippen LogP contribution in [0.4, 0.5) is 0 Å². The molecule has 0 saturated carbocycles. The molecule has 2 heterocycles. The van der Waals surface area contributed by atoms with Crippen molar-refractivity contribution in [3.05, 3.63) is 53.2 Å². The van der Waals surface area contributed by atoms with Crippen LogP contribution in [0.3, 0.4) is 0 Å². The summed E-state index contributed by atoms with van der Waals surface area (Å²) in [6.45, 7) is 4.42. The molecule has 3 aromatic rings. The van der Waals surface area contributed by atoms with E-state index in [1.54, 1.807) is 22.2 Å². The van der Waals surface area contributed by atoms with E-state index in [1.165, 1.54) is 15.0 Å². The van der Waals surface area contributed by atoms with Crippen LogP contribution in [0.1, 0.15) is 30.3 Å². The first-order valence-corrected chi connectivity index (χ1v) is 8.21. The van der Waals surface area contributed by atoms with Gasteiger partial charge in [0.2, 0.25) is 0 Å². The van der Waals surface area contributed by atoms with Gasteiger partial charge in [-0.15, -0.1) is 11.3 Å². The predicted octanol–water partition coefficient (Wildman–Crippen LogP) is 3.19. The number of aromatic nitrogens is 2. The molecule has 5 heteroatoms. The molecule has 0 aliphatic heterocycles. The number of thiophene rings is 1. The van der Waals surface area contributed by atoms with Crippen molar-refractivity contribution >= 4 is 21.4 Å². The van der Waals surface area contributed by atoms with Gasteiger partial charge in [0, 0.05) is 41.0 Å². The highest BCUT2D eigenvalue weighted by atomic mass is 32.1. The molecule has 22 heavy (non-hydrogen) atoms. The van der Waals surface area contributed by atoms with Crippen molar-refractivity contribution < 1.29 is 5.11 Å². The third-order valence-corrected chi connectivity index (χ3v) is 5.25. The fourth-order valence-electron chi connectivity index (χ4n) is 2.47. The predicted molar refractivity (Wildman–Crippen MR) is 91.0 cm³/mol. The molecule has 0 amide bonds. The average molecular weight is 315 g/mol. The highest BCUT2D eigenvalue weighted by Gasteiger charge is 2.25. The van der Waals surface area contributed by atoms with Crippen LogP contribution in [0.25, 0.3) is 10.1 Å². The van der Waals surface area contributed by atoms with Crippen molar-refractivity contribution in [1.82, 2.24) is 15.1 Å². The van der Waals surface area contributed by atoms with Gasteiger partial charge in [-0.3, -0.25) is 4.68 Å². The first-order valence-electron chi connectivity index (χ1n) is 7.39. The fraction of sp³-hybridized carbons (Fsp3) is 0.353. The second-order valence-corrected chi connectivity index (χ2v) is 7.08. The summed E-state index contributed by atoms with van der Waals surface area (Å²) in [5.74, 6) is 0. The number of nitrogens with zero attached hydrogens (tertiary/aromatic N) is 2. The molecule has 0 aliphatic rings. The van der Waals surface area contributed by atoms with Gasteiger partial charge in [0.25, 0.3) is 0 Å². The van der Waals surface area contributed by atoms with E-state index in [4.69, 9.17) is 0 Å². The molecule has 0 fully saturated rings. The molecular weight excluding hydrogens is 294 g/mol. The SMILES string of the molecule is CC(NCC(C)(O)c1cnn(C)c1)c1cc2ccccc2s1. The van der Waals surface area contributed by atoms with Crippen molar-refractivity contribution in [2.45, 2.75) is 25.5 Å². The Morgan fingerprint density at radius 1 is 1.41 bits per heavy atom. The molecule has 0 saturated heterocycles. The van der Waals surface area contributed by atoms with Gasteiger partial charge in [-0.05, 0) is 31.4 Å². The summed E-state index contributed by atoms with van der Waals surface area (Å²) in [7, 11) is 1.85. The summed E-state index contributed by atoms with van der Waals surface area (Å²) in [5.41, 5.74) is -0.106. The van der Waals surface area contributed by atoms with Gasteiger partial charge >= 0.3 is 0 Å². The number of aryl methyl sites for hydroxylation is 1. The molecule has 2 unspecified atom stereocenters. The van der Waals surface area contributed by atoms with Crippen LogP contribution < -0.4 is 5.32 Å². The lowest BCUT2D eigenvalue weighted by molar-refractivity contribution is 0.0544. The lowest BCUT2D eigenvalue weighted by Crippen LogP contribution is -2.36. The second kappa shape index (κ2) is 5.83. The standard InChI is InChI=1S/C17H21N3OS/c1-12(16-8-13-6-4-5-7-15(13)22-16)18-11-17(2,21)14-9-19-20(3)10-14/h4-10,12,18,21H,11H2,1-3H3. The van der Waals surface area contributed by atoms with Gasteiger partial charge in [0.1, 0.15) is 5.60 Å². The van der Waals surface area contributed by atoms with E-state index < -0.39 is 5.60 Å². The lowest BCUT2D eigenvalue weighted by atomic mass is 9.99. The molecule has 0 bridgehead atoms. The van der Waals surface area contributed by atoms with Gasteiger partial charge in [-0.2, -0.15) is 5.10 Å². The minimum absolute atomic E-state index is 0.195. The maximum Gasteiger partial charge on any atom is 0.102 e. The van der Waals surface area contributed by atoms with E-state index in [1.807, 2.05) is 20.2 Å². The quantitative estimate of drug-likeness (QED) is 0.760. The highest BCUT2D eigenvalue weighted by Crippen LogP contribution is 2.30. The van der Waals surface area contributed by atoms with Gasteiger partial charge in [0.15, 0.2) is 0 Å². The zero-order valence-electron chi connectivity index (χ0n) is 13.1. The smallest absolute Gasteiger partial charge is 0.102 e. The van der Waals surface area contributed by atoms with Crippen molar-refractivity contribution in [3.63, 3.8) is 0 Å². The molecule has 116 valence electrons. The minimum Gasteiger partial charge on any atom is -0.384 e. The van der Waals surface area contributed by atoms with E-state index in [0.717, 1.165) is 5.56 Å². The molecule has 0 radical (unpaired) electrons. The van der Waals surface area contributed by atoms with Crippen molar-refractivity contribution in [2.24, 2.45) is 7.05 Å². The summed E-state index contributed by atoms with van der Waals surface area (Å²) in [6, 6.07) is 10.8. The van der Waals surface area contributed by atoms with Crippen LogP contribution in [0.5, 0.6) is 0 Å². The molecule has 0 spiro atoms. The van der Waals surface area contributed by atoms with Gasteiger partial charge in [-0.25, -0.2) is 0 Å². The number of hydrogen-bond acceptors (Lipinski definition) is 4. The summed E-state index contributed by atoms with van der Waals surface area (Å²) in [6.07, 6.45) is 3.57. The summed E-state index contributed by atoms with van der Waals surface area (Å²) in [5, 5.41) is 19.5. The molecular formula is C17H21N3OS. The number of hydrogen-bond donors (Lipinski definition) is 2. The molecule has 3 rings (SSSR count). The van der Waals surface area contributed by atoms with Crippen LogP contribution in [-0.4, -0.2) is 21.4 Å². The van der Waals surface area contributed by atoms with E-state index in [-0.39, 0.29) is 6.04 Å². The highest BCUT2D eigenvalue weighted by molar-refractivity contribution is 7.19. The topological polar surface area (TPSA) is 50.1 Å². The Labute approximate surface area is 134 Å². The molecule has 2 atom stereocenters. The third kappa shape index (κ3) is 3.06. The van der Waals surface area contributed by atoms with Crippen molar-refractivity contribution in [1.29, 1.82) is 0 Å². The van der Waals surface area contributed by atoms with Crippen LogP contribution in [-0.2, 0) is 12.6 Å². The zero-order chi connectivity index (χ0) is 15.7. The maximum absolute atomic E-state index is 10.6. The fourth-order valence-corrected chi connectivity index (χ4v) is 3.56.